The number of amides is 1. The van der Waals surface area contributed by atoms with Crippen LogP contribution in [0.3, 0.4) is 0 Å². The minimum atomic E-state index is 0.0205. The van der Waals surface area contributed by atoms with E-state index >= 15 is 0 Å². The molecule has 0 spiro atoms. The normalized spacial score (nSPS) is 16.9. The minimum Gasteiger partial charge on any atom is -0.371 e. The topological polar surface area (TPSA) is 32.8 Å². The van der Waals surface area contributed by atoms with E-state index in [1.165, 1.54) is 5.56 Å². The van der Waals surface area contributed by atoms with E-state index in [-0.39, 0.29) is 17.4 Å². The third-order valence-corrected chi connectivity index (χ3v) is 4.10. The fourth-order valence-electron chi connectivity index (χ4n) is 2.56. The van der Waals surface area contributed by atoms with Crippen molar-refractivity contribution in [1.82, 2.24) is 0 Å². The van der Waals surface area contributed by atoms with Crippen LogP contribution < -0.4 is 4.90 Å². The van der Waals surface area contributed by atoms with Crippen LogP contribution >= 0.6 is 0 Å². The Kier molecular flexibility index (Phi) is 4.22. The number of para-hydroxylation sites is 1. The number of ether oxygens (including phenoxy) is 1. The molecule has 1 aliphatic heterocycles. The first kappa shape index (κ1) is 15.8. The van der Waals surface area contributed by atoms with Gasteiger partial charge in [-0.2, -0.15) is 0 Å². The van der Waals surface area contributed by atoms with Gasteiger partial charge in [-0.1, -0.05) is 51.1 Å². The fourth-order valence-corrected chi connectivity index (χ4v) is 2.56. The van der Waals surface area contributed by atoms with Gasteiger partial charge < -0.3 is 9.64 Å². The van der Waals surface area contributed by atoms with E-state index in [9.17, 15) is 4.79 Å². The second-order valence-corrected chi connectivity index (χ2v) is 7.03. The molecule has 3 rings (SSSR count). The van der Waals surface area contributed by atoms with Crippen LogP contribution in [0, 0.1) is 0 Å². The standard InChI is InChI=1S/C20H23NO2/c1-20(2,3)16-11-9-15(10-12-16)19(22)21(13-18-14-23-18)17-7-5-4-6-8-17/h4-12,18H,13-14H2,1-3H3. The molecule has 0 N–H and O–H groups in total. The summed E-state index contributed by atoms with van der Waals surface area (Å²) in [6, 6.07) is 17.7. The lowest BCUT2D eigenvalue weighted by molar-refractivity contribution is 0.0984. The van der Waals surface area contributed by atoms with Crippen molar-refractivity contribution in [3.8, 4) is 0 Å². The predicted octanol–water partition coefficient (Wildman–Crippen LogP) is 4.03. The van der Waals surface area contributed by atoms with Crippen LogP contribution in [0.2, 0.25) is 0 Å². The molecule has 1 heterocycles. The van der Waals surface area contributed by atoms with Crippen molar-refractivity contribution in [1.29, 1.82) is 0 Å². The Hall–Kier alpha value is -2.13. The van der Waals surface area contributed by atoms with E-state index in [2.05, 4.69) is 20.8 Å². The summed E-state index contributed by atoms with van der Waals surface area (Å²) >= 11 is 0. The number of epoxide rings is 1. The molecule has 2 aromatic rings. The van der Waals surface area contributed by atoms with Gasteiger partial charge in [0.25, 0.3) is 5.91 Å². The quantitative estimate of drug-likeness (QED) is 0.799. The molecule has 0 saturated carbocycles. The van der Waals surface area contributed by atoms with Gasteiger partial charge in [0.1, 0.15) is 0 Å². The first-order chi connectivity index (χ1) is 10.9. The molecular weight excluding hydrogens is 286 g/mol. The Morgan fingerprint density at radius 1 is 1.09 bits per heavy atom. The average Bonchev–Trinajstić information content (AvgIpc) is 3.36. The molecule has 1 amide bonds. The van der Waals surface area contributed by atoms with Gasteiger partial charge >= 0.3 is 0 Å². The van der Waals surface area contributed by atoms with E-state index in [0.717, 1.165) is 12.3 Å². The summed E-state index contributed by atoms with van der Waals surface area (Å²) in [6.45, 7) is 7.85. The summed E-state index contributed by atoms with van der Waals surface area (Å²) in [7, 11) is 0. The maximum absolute atomic E-state index is 12.9. The Morgan fingerprint density at radius 2 is 1.70 bits per heavy atom. The summed E-state index contributed by atoms with van der Waals surface area (Å²) in [5, 5.41) is 0. The summed E-state index contributed by atoms with van der Waals surface area (Å²) in [6.07, 6.45) is 0.160. The van der Waals surface area contributed by atoms with Gasteiger partial charge in [0.05, 0.1) is 19.3 Å². The number of hydrogen-bond acceptors (Lipinski definition) is 2. The molecule has 0 aliphatic carbocycles. The molecule has 0 radical (unpaired) electrons. The molecule has 1 aliphatic rings. The largest absolute Gasteiger partial charge is 0.371 e. The van der Waals surface area contributed by atoms with Crippen molar-refractivity contribution in [2.45, 2.75) is 32.3 Å². The number of anilines is 1. The molecule has 1 fully saturated rings. The molecule has 0 bridgehead atoms. The molecule has 1 atom stereocenters. The number of carbonyl (C=O) groups excluding carboxylic acids is 1. The molecule has 23 heavy (non-hydrogen) atoms. The first-order valence-corrected chi connectivity index (χ1v) is 8.04. The van der Waals surface area contributed by atoms with Gasteiger partial charge in [-0.05, 0) is 35.2 Å². The zero-order valence-electron chi connectivity index (χ0n) is 14.0. The lowest BCUT2D eigenvalue weighted by Crippen LogP contribution is -2.34. The minimum absolute atomic E-state index is 0.0205. The Labute approximate surface area is 137 Å². The molecule has 0 aromatic heterocycles. The van der Waals surface area contributed by atoms with E-state index in [1.807, 2.05) is 59.5 Å². The van der Waals surface area contributed by atoms with Crippen LogP contribution in [0.25, 0.3) is 0 Å². The van der Waals surface area contributed by atoms with Crippen molar-refractivity contribution in [2.75, 3.05) is 18.1 Å². The summed E-state index contributed by atoms with van der Waals surface area (Å²) in [5.41, 5.74) is 2.93. The van der Waals surface area contributed by atoms with Crippen LogP contribution in [0.5, 0.6) is 0 Å². The van der Waals surface area contributed by atoms with Crippen LogP contribution in [-0.4, -0.2) is 25.2 Å². The molecule has 3 nitrogen and oxygen atoms in total. The van der Waals surface area contributed by atoms with Gasteiger partial charge in [0, 0.05) is 11.3 Å². The Morgan fingerprint density at radius 3 is 2.22 bits per heavy atom. The number of benzene rings is 2. The zero-order chi connectivity index (χ0) is 16.4. The summed E-state index contributed by atoms with van der Waals surface area (Å²) in [5.74, 6) is 0.0205. The molecular formula is C20H23NO2. The number of carbonyl (C=O) groups is 1. The highest BCUT2D eigenvalue weighted by molar-refractivity contribution is 6.06. The van der Waals surface area contributed by atoms with Gasteiger partial charge in [-0.3, -0.25) is 4.79 Å². The Balaban J connectivity index is 1.85. The summed E-state index contributed by atoms with van der Waals surface area (Å²) < 4.78 is 5.32. The van der Waals surface area contributed by atoms with Crippen LogP contribution in [0.4, 0.5) is 5.69 Å². The summed E-state index contributed by atoms with van der Waals surface area (Å²) in [4.78, 5) is 14.7. The lowest BCUT2D eigenvalue weighted by Gasteiger charge is -2.23. The zero-order valence-corrected chi connectivity index (χ0v) is 14.0. The molecule has 120 valence electrons. The van der Waals surface area contributed by atoms with Gasteiger partial charge in [-0.15, -0.1) is 0 Å². The van der Waals surface area contributed by atoms with Crippen molar-refractivity contribution in [3.05, 3.63) is 65.7 Å². The average molecular weight is 309 g/mol. The van der Waals surface area contributed by atoms with Crippen molar-refractivity contribution < 1.29 is 9.53 Å². The van der Waals surface area contributed by atoms with E-state index in [1.54, 1.807) is 0 Å². The van der Waals surface area contributed by atoms with Gasteiger partial charge in [0.15, 0.2) is 0 Å². The molecule has 1 saturated heterocycles. The number of rotatable bonds is 4. The van der Waals surface area contributed by atoms with E-state index in [0.29, 0.717) is 12.1 Å². The van der Waals surface area contributed by atoms with Gasteiger partial charge in [0.2, 0.25) is 0 Å². The SMILES string of the molecule is CC(C)(C)c1ccc(C(=O)N(CC2CO2)c2ccccc2)cc1. The second-order valence-electron chi connectivity index (χ2n) is 7.03. The highest BCUT2D eigenvalue weighted by Crippen LogP contribution is 2.24. The lowest BCUT2D eigenvalue weighted by atomic mass is 9.86. The molecule has 3 heteroatoms. The monoisotopic (exact) mass is 309 g/mol. The number of hydrogen-bond donors (Lipinski definition) is 0. The van der Waals surface area contributed by atoms with Crippen molar-refractivity contribution in [3.63, 3.8) is 0 Å². The van der Waals surface area contributed by atoms with E-state index < -0.39 is 0 Å². The third kappa shape index (κ3) is 3.80. The van der Waals surface area contributed by atoms with Crippen molar-refractivity contribution >= 4 is 11.6 Å². The fraction of sp³-hybridized carbons (Fsp3) is 0.350. The smallest absolute Gasteiger partial charge is 0.258 e. The highest BCUT2D eigenvalue weighted by Gasteiger charge is 2.29. The van der Waals surface area contributed by atoms with Crippen LogP contribution in [0.15, 0.2) is 54.6 Å². The third-order valence-electron chi connectivity index (χ3n) is 4.10. The van der Waals surface area contributed by atoms with Crippen LogP contribution in [-0.2, 0) is 10.2 Å². The predicted molar refractivity (Wildman–Crippen MR) is 93.0 cm³/mol. The maximum Gasteiger partial charge on any atom is 0.258 e. The maximum atomic E-state index is 12.9. The Bertz CT molecular complexity index is 667. The van der Waals surface area contributed by atoms with Crippen molar-refractivity contribution in [2.24, 2.45) is 0 Å². The molecule has 2 aromatic carbocycles. The second kappa shape index (κ2) is 6.17. The highest BCUT2D eigenvalue weighted by atomic mass is 16.6. The first-order valence-electron chi connectivity index (χ1n) is 8.04. The van der Waals surface area contributed by atoms with E-state index in [4.69, 9.17) is 4.74 Å². The van der Waals surface area contributed by atoms with Crippen LogP contribution in [0.1, 0.15) is 36.7 Å². The number of nitrogens with zero attached hydrogens (tertiary/aromatic N) is 1. The van der Waals surface area contributed by atoms with Gasteiger partial charge in [-0.25, -0.2) is 0 Å². The molecule has 1 unspecified atom stereocenters.